The maximum Gasteiger partial charge on any atom is 0.306 e. The van der Waals surface area contributed by atoms with Crippen LogP contribution in [0.3, 0.4) is 0 Å². The Bertz CT molecular complexity index is 1220. The van der Waals surface area contributed by atoms with Crippen LogP contribution in [0.4, 0.5) is 0 Å². The van der Waals surface area contributed by atoms with Crippen molar-refractivity contribution in [2.75, 3.05) is 13.2 Å². The average molecular weight is 863 g/mol. The molecule has 1 atom stereocenters. The van der Waals surface area contributed by atoms with Crippen LogP contribution in [0, 0.1) is 0 Å². The third kappa shape index (κ3) is 47.6. The second-order valence-corrected chi connectivity index (χ2v) is 16.8. The zero-order valence-corrected chi connectivity index (χ0v) is 40.4. The summed E-state index contributed by atoms with van der Waals surface area (Å²) in [5.74, 6) is -0.952. The molecular formula is C56H94O6. The van der Waals surface area contributed by atoms with E-state index in [-0.39, 0.29) is 37.5 Å². The maximum absolute atomic E-state index is 12.8. The predicted molar refractivity (Wildman–Crippen MR) is 265 cm³/mol. The Morgan fingerprint density at radius 2 is 0.645 bits per heavy atom. The Morgan fingerprint density at radius 3 is 1.06 bits per heavy atom. The van der Waals surface area contributed by atoms with Crippen molar-refractivity contribution in [2.45, 2.75) is 239 Å². The van der Waals surface area contributed by atoms with E-state index >= 15 is 0 Å². The van der Waals surface area contributed by atoms with Crippen LogP contribution in [-0.2, 0) is 28.6 Å². The van der Waals surface area contributed by atoms with Crippen LogP contribution in [0.5, 0.6) is 0 Å². The molecule has 0 aliphatic carbocycles. The minimum atomic E-state index is -0.801. The highest BCUT2D eigenvalue weighted by atomic mass is 16.6. The Labute approximate surface area is 382 Å². The van der Waals surface area contributed by atoms with Crippen molar-refractivity contribution >= 4 is 17.9 Å². The third-order valence-electron chi connectivity index (χ3n) is 10.7. The third-order valence-corrected chi connectivity index (χ3v) is 10.7. The summed E-state index contributed by atoms with van der Waals surface area (Å²) >= 11 is 0. The molecule has 0 fully saturated rings. The highest BCUT2D eigenvalue weighted by Crippen LogP contribution is 2.14. The summed E-state index contributed by atoms with van der Waals surface area (Å²) in [5.41, 5.74) is 0. The molecule has 6 nitrogen and oxygen atoms in total. The molecule has 6 heteroatoms. The van der Waals surface area contributed by atoms with E-state index < -0.39 is 6.10 Å². The molecule has 0 aromatic heterocycles. The fourth-order valence-corrected chi connectivity index (χ4v) is 6.85. The standard InChI is InChI=1S/C56H94O6/c1-4-7-10-13-16-19-22-25-26-27-28-29-30-32-34-37-40-43-46-49-55(58)61-52-53(51-60-54(57)48-45-42-39-36-33-24-21-18-15-12-9-6-3)62-56(59)50-47-44-41-38-35-31-23-20-17-14-11-8-5-2/h8,11,14,16-23,25,31,35,53H,4-7,9-10,12-13,15,24,26-30,32-34,36-52H2,1-3H3/b11-8-,17-14-,19-16-,21-18-,23-20-,25-22-,35-31-. The van der Waals surface area contributed by atoms with Crippen molar-refractivity contribution in [2.24, 2.45) is 0 Å². The predicted octanol–water partition coefficient (Wildman–Crippen LogP) is 16.8. The lowest BCUT2D eigenvalue weighted by Gasteiger charge is -2.18. The average Bonchev–Trinajstić information content (AvgIpc) is 3.27. The number of carbonyl (C=O) groups excluding carboxylic acids is 3. The molecular weight excluding hydrogens is 769 g/mol. The van der Waals surface area contributed by atoms with Crippen molar-refractivity contribution in [3.8, 4) is 0 Å². The molecule has 0 saturated carbocycles. The first-order chi connectivity index (χ1) is 30.5. The Balaban J connectivity index is 4.40. The second-order valence-electron chi connectivity index (χ2n) is 16.8. The molecule has 1 unspecified atom stereocenters. The van der Waals surface area contributed by atoms with Crippen LogP contribution in [0.2, 0.25) is 0 Å². The van der Waals surface area contributed by atoms with E-state index in [4.69, 9.17) is 14.2 Å². The van der Waals surface area contributed by atoms with Gasteiger partial charge in [-0.15, -0.1) is 0 Å². The fourth-order valence-electron chi connectivity index (χ4n) is 6.85. The summed E-state index contributed by atoms with van der Waals surface area (Å²) in [4.78, 5) is 37.9. The molecule has 0 rings (SSSR count). The van der Waals surface area contributed by atoms with Crippen LogP contribution >= 0.6 is 0 Å². The van der Waals surface area contributed by atoms with Gasteiger partial charge in [0.25, 0.3) is 0 Å². The highest BCUT2D eigenvalue weighted by Gasteiger charge is 2.19. The van der Waals surface area contributed by atoms with E-state index in [1.165, 1.54) is 109 Å². The maximum atomic E-state index is 12.8. The largest absolute Gasteiger partial charge is 0.462 e. The number of esters is 3. The summed E-state index contributed by atoms with van der Waals surface area (Å²) in [7, 11) is 0. The number of hydrogen-bond donors (Lipinski definition) is 0. The van der Waals surface area contributed by atoms with Gasteiger partial charge in [0.1, 0.15) is 13.2 Å². The van der Waals surface area contributed by atoms with Crippen LogP contribution in [-0.4, -0.2) is 37.2 Å². The van der Waals surface area contributed by atoms with Gasteiger partial charge < -0.3 is 14.2 Å². The van der Waals surface area contributed by atoms with Crippen molar-refractivity contribution in [3.05, 3.63) is 85.1 Å². The van der Waals surface area contributed by atoms with E-state index in [9.17, 15) is 14.4 Å². The molecule has 0 heterocycles. The first kappa shape index (κ1) is 58.6. The molecule has 0 spiro atoms. The van der Waals surface area contributed by atoms with Gasteiger partial charge in [0.15, 0.2) is 6.10 Å². The molecule has 0 aromatic carbocycles. The van der Waals surface area contributed by atoms with Crippen LogP contribution in [0.1, 0.15) is 233 Å². The SMILES string of the molecule is CC\C=C/C=C\C=C/C=C\CCCCCC(=O)OC(COC(=O)CCCCCCC/C=C\CCCCC)COC(=O)CCCCCCCCCCCC/C=C\C=C/CCCCC. The normalized spacial score (nSPS) is 12.8. The molecule has 0 aliphatic rings. The molecule has 62 heavy (non-hydrogen) atoms. The van der Waals surface area contributed by atoms with Crippen LogP contribution in [0.25, 0.3) is 0 Å². The van der Waals surface area contributed by atoms with Crippen molar-refractivity contribution in [1.29, 1.82) is 0 Å². The van der Waals surface area contributed by atoms with E-state index in [0.29, 0.717) is 19.3 Å². The lowest BCUT2D eigenvalue weighted by atomic mass is 10.1. The minimum Gasteiger partial charge on any atom is -0.462 e. The Kier molecular flexibility index (Phi) is 47.5. The number of allylic oxidation sites excluding steroid dienone is 14. The summed E-state index contributed by atoms with van der Waals surface area (Å²) in [6.45, 7) is 6.39. The number of carbonyl (C=O) groups is 3. The summed E-state index contributed by atoms with van der Waals surface area (Å²) < 4.78 is 16.7. The Hall–Kier alpha value is -3.41. The van der Waals surface area contributed by atoms with Gasteiger partial charge in [-0.2, -0.15) is 0 Å². The number of ether oxygens (including phenoxy) is 3. The van der Waals surface area contributed by atoms with Crippen LogP contribution in [0.15, 0.2) is 85.1 Å². The van der Waals surface area contributed by atoms with Gasteiger partial charge in [-0.3, -0.25) is 14.4 Å². The molecule has 0 amide bonds. The van der Waals surface area contributed by atoms with E-state index in [2.05, 4.69) is 69.4 Å². The lowest BCUT2D eigenvalue weighted by Crippen LogP contribution is -2.30. The number of hydrogen-bond acceptors (Lipinski definition) is 6. The summed E-state index contributed by atoms with van der Waals surface area (Å²) in [6, 6.07) is 0. The van der Waals surface area contributed by atoms with Gasteiger partial charge in [0.2, 0.25) is 0 Å². The quantitative estimate of drug-likeness (QED) is 0.0199. The van der Waals surface area contributed by atoms with Gasteiger partial charge in [0, 0.05) is 19.3 Å². The fraction of sp³-hybridized carbons (Fsp3) is 0.696. The smallest absolute Gasteiger partial charge is 0.306 e. The molecule has 0 aromatic rings. The molecule has 0 bridgehead atoms. The van der Waals surface area contributed by atoms with Crippen molar-refractivity contribution < 1.29 is 28.6 Å². The number of unbranched alkanes of at least 4 members (excludes halogenated alkanes) is 24. The van der Waals surface area contributed by atoms with Crippen molar-refractivity contribution in [1.82, 2.24) is 0 Å². The van der Waals surface area contributed by atoms with Crippen molar-refractivity contribution in [3.63, 3.8) is 0 Å². The number of rotatable bonds is 45. The summed E-state index contributed by atoms with van der Waals surface area (Å²) in [6.07, 6.45) is 64.2. The van der Waals surface area contributed by atoms with Gasteiger partial charge in [-0.25, -0.2) is 0 Å². The zero-order chi connectivity index (χ0) is 45.1. The molecule has 0 N–H and O–H groups in total. The Morgan fingerprint density at radius 1 is 0.339 bits per heavy atom. The first-order valence-corrected chi connectivity index (χ1v) is 25.7. The van der Waals surface area contributed by atoms with Crippen LogP contribution < -0.4 is 0 Å². The molecule has 0 aliphatic heterocycles. The second kappa shape index (κ2) is 50.2. The lowest BCUT2D eigenvalue weighted by molar-refractivity contribution is -0.167. The highest BCUT2D eigenvalue weighted by molar-refractivity contribution is 5.71. The molecule has 0 radical (unpaired) electrons. The van der Waals surface area contributed by atoms with E-state index in [1.54, 1.807) is 0 Å². The molecule has 0 saturated heterocycles. The van der Waals surface area contributed by atoms with Gasteiger partial charge in [0.05, 0.1) is 0 Å². The first-order valence-electron chi connectivity index (χ1n) is 25.7. The monoisotopic (exact) mass is 863 g/mol. The topological polar surface area (TPSA) is 78.9 Å². The van der Waals surface area contributed by atoms with E-state index in [0.717, 1.165) is 77.0 Å². The van der Waals surface area contributed by atoms with Gasteiger partial charge in [-0.1, -0.05) is 209 Å². The molecule has 354 valence electrons. The van der Waals surface area contributed by atoms with E-state index in [1.807, 2.05) is 36.5 Å². The van der Waals surface area contributed by atoms with Gasteiger partial charge >= 0.3 is 17.9 Å². The summed E-state index contributed by atoms with van der Waals surface area (Å²) in [5, 5.41) is 0. The van der Waals surface area contributed by atoms with Gasteiger partial charge in [-0.05, 0) is 89.9 Å². The zero-order valence-electron chi connectivity index (χ0n) is 40.4. The minimum absolute atomic E-state index is 0.0975.